The van der Waals surface area contributed by atoms with E-state index in [0.29, 0.717) is 5.75 Å². The van der Waals surface area contributed by atoms with Crippen LogP contribution in [0.2, 0.25) is 0 Å². The van der Waals surface area contributed by atoms with Crippen molar-refractivity contribution in [2.45, 2.75) is 31.0 Å². The lowest BCUT2D eigenvalue weighted by Gasteiger charge is -2.50. The standard InChI is InChI=1S/C24H24N2O7/c1-31-21(28)14-25-18(12-13-20(27)33-17-10-6-3-7-11-17)22(23(25)29)26-19(15-32-24(26)30)16-8-4-2-5-9-16/h2-11,18-19,22H,12-15H2,1H3. The first-order valence-corrected chi connectivity index (χ1v) is 10.6. The number of methoxy groups -OCH3 is 1. The van der Waals surface area contributed by atoms with Gasteiger partial charge in [0.2, 0.25) is 5.91 Å². The Balaban J connectivity index is 1.51. The third kappa shape index (κ3) is 4.67. The molecule has 2 heterocycles. The summed E-state index contributed by atoms with van der Waals surface area (Å²) in [7, 11) is 1.24. The van der Waals surface area contributed by atoms with E-state index in [2.05, 4.69) is 0 Å². The number of para-hydroxylation sites is 1. The smallest absolute Gasteiger partial charge is 0.411 e. The number of benzene rings is 2. The van der Waals surface area contributed by atoms with Crippen molar-refractivity contribution in [1.29, 1.82) is 0 Å². The van der Waals surface area contributed by atoms with Gasteiger partial charge in [-0.25, -0.2) is 4.79 Å². The van der Waals surface area contributed by atoms with Crippen molar-refractivity contribution in [2.75, 3.05) is 20.3 Å². The lowest BCUT2D eigenvalue weighted by atomic mass is 9.88. The lowest BCUT2D eigenvalue weighted by molar-refractivity contribution is -0.166. The largest absolute Gasteiger partial charge is 0.468 e. The van der Waals surface area contributed by atoms with E-state index in [0.717, 1.165) is 5.56 Å². The van der Waals surface area contributed by atoms with Gasteiger partial charge in [-0.3, -0.25) is 19.3 Å². The molecule has 172 valence electrons. The van der Waals surface area contributed by atoms with Gasteiger partial charge in [0.1, 0.15) is 24.9 Å². The van der Waals surface area contributed by atoms with Crippen LogP contribution in [-0.4, -0.2) is 66.1 Å². The maximum absolute atomic E-state index is 13.0. The van der Waals surface area contributed by atoms with Crippen LogP contribution in [0.3, 0.4) is 0 Å². The second kappa shape index (κ2) is 9.72. The quantitative estimate of drug-likeness (QED) is 0.344. The van der Waals surface area contributed by atoms with E-state index in [9.17, 15) is 19.2 Å². The Hall–Kier alpha value is -3.88. The fraction of sp³-hybridized carbons (Fsp3) is 0.333. The van der Waals surface area contributed by atoms with E-state index >= 15 is 0 Å². The van der Waals surface area contributed by atoms with Crippen molar-refractivity contribution in [1.82, 2.24) is 9.80 Å². The number of amides is 2. The van der Waals surface area contributed by atoms with Crippen molar-refractivity contribution in [3.8, 4) is 5.75 Å². The molecule has 0 N–H and O–H groups in total. The van der Waals surface area contributed by atoms with Crippen molar-refractivity contribution < 1.29 is 33.4 Å². The summed E-state index contributed by atoms with van der Waals surface area (Å²) in [5, 5.41) is 0. The Bertz CT molecular complexity index is 1030. The average Bonchev–Trinajstić information content (AvgIpc) is 3.21. The van der Waals surface area contributed by atoms with Crippen LogP contribution in [0.5, 0.6) is 5.75 Å². The van der Waals surface area contributed by atoms with E-state index in [1.54, 1.807) is 24.3 Å². The second-order valence-electron chi connectivity index (χ2n) is 7.79. The first-order chi connectivity index (χ1) is 16.0. The number of hydrogen-bond donors (Lipinski definition) is 0. The van der Waals surface area contributed by atoms with E-state index in [-0.39, 0.29) is 31.9 Å². The number of esters is 2. The van der Waals surface area contributed by atoms with Gasteiger partial charge < -0.3 is 19.1 Å². The highest BCUT2D eigenvalue weighted by molar-refractivity contribution is 5.95. The van der Waals surface area contributed by atoms with Crippen LogP contribution in [0.25, 0.3) is 0 Å². The predicted octanol–water partition coefficient (Wildman–Crippen LogP) is 2.32. The normalized spacial score (nSPS) is 21.9. The molecule has 0 aromatic heterocycles. The van der Waals surface area contributed by atoms with Gasteiger partial charge in [-0.05, 0) is 24.1 Å². The maximum atomic E-state index is 13.0. The van der Waals surface area contributed by atoms with Gasteiger partial charge in [-0.2, -0.15) is 0 Å². The first kappa shape index (κ1) is 22.3. The highest BCUT2D eigenvalue weighted by Gasteiger charge is 2.56. The number of β-lactam (4-membered cyclic amide) rings is 1. The molecule has 2 aliphatic heterocycles. The summed E-state index contributed by atoms with van der Waals surface area (Å²) in [6.07, 6.45) is -0.388. The molecule has 2 amide bonds. The van der Waals surface area contributed by atoms with Gasteiger partial charge >= 0.3 is 18.0 Å². The fourth-order valence-corrected chi connectivity index (χ4v) is 4.21. The minimum Gasteiger partial charge on any atom is -0.468 e. The summed E-state index contributed by atoms with van der Waals surface area (Å²) < 4.78 is 15.3. The summed E-state index contributed by atoms with van der Waals surface area (Å²) in [5.41, 5.74) is 0.838. The molecular weight excluding hydrogens is 428 g/mol. The zero-order chi connectivity index (χ0) is 23.4. The van der Waals surface area contributed by atoms with Crippen molar-refractivity contribution in [3.05, 3.63) is 66.2 Å². The van der Waals surface area contributed by atoms with Gasteiger partial charge in [0.15, 0.2) is 0 Å². The number of hydrogen-bond acceptors (Lipinski definition) is 7. The molecule has 0 radical (unpaired) electrons. The lowest BCUT2D eigenvalue weighted by Crippen LogP contribution is -2.71. The monoisotopic (exact) mass is 452 g/mol. The van der Waals surface area contributed by atoms with Gasteiger partial charge in [0.25, 0.3) is 0 Å². The Morgan fingerprint density at radius 1 is 1.00 bits per heavy atom. The number of nitrogens with zero attached hydrogens (tertiary/aromatic N) is 2. The molecule has 0 bridgehead atoms. The van der Waals surface area contributed by atoms with E-state index in [1.165, 1.54) is 16.9 Å². The minimum atomic E-state index is -0.848. The van der Waals surface area contributed by atoms with Crippen LogP contribution < -0.4 is 4.74 Å². The van der Waals surface area contributed by atoms with Gasteiger partial charge in [-0.15, -0.1) is 0 Å². The molecule has 3 atom stereocenters. The zero-order valence-electron chi connectivity index (χ0n) is 18.1. The Morgan fingerprint density at radius 2 is 1.67 bits per heavy atom. The molecule has 2 aliphatic rings. The molecule has 9 heteroatoms. The zero-order valence-corrected chi connectivity index (χ0v) is 18.1. The second-order valence-corrected chi connectivity index (χ2v) is 7.79. The molecule has 0 saturated carbocycles. The molecule has 2 aromatic rings. The van der Waals surface area contributed by atoms with Gasteiger partial charge in [0, 0.05) is 6.42 Å². The molecule has 2 fully saturated rings. The maximum Gasteiger partial charge on any atom is 0.411 e. The van der Waals surface area contributed by atoms with Crippen LogP contribution in [0, 0.1) is 0 Å². The van der Waals surface area contributed by atoms with Crippen molar-refractivity contribution in [2.24, 2.45) is 0 Å². The topological polar surface area (TPSA) is 102 Å². The number of likely N-dealkylation sites (tertiary alicyclic amines) is 1. The van der Waals surface area contributed by atoms with Crippen molar-refractivity contribution >= 4 is 23.9 Å². The van der Waals surface area contributed by atoms with Crippen LogP contribution in [-0.2, 0) is 23.9 Å². The SMILES string of the molecule is COC(=O)CN1C(=O)C(N2C(=O)OCC2c2ccccc2)C1CCC(=O)Oc1ccccc1. The van der Waals surface area contributed by atoms with Gasteiger partial charge in [-0.1, -0.05) is 48.5 Å². The van der Waals surface area contributed by atoms with E-state index in [1.807, 2.05) is 36.4 Å². The number of rotatable bonds is 8. The molecule has 33 heavy (non-hydrogen) atoms. The highest BCUT2D eigenvalue weighted by atomic mass is 16.6. The Labute approximate surface area is 190 Å². The van der Waals surface area contributed by atoms with Crippen LogP contribution in [0.1, 0.15) is 24.4 Å². The highest BCUT2D eigenvalue weighted by Crippen LogP contribution is 2.38. The third-order valence-electron chi connectivity index (χ3n) is 5.84. The third-order valence-corrected chi connectivity index (χ3v) is 5.84. The number of carbonyl (C=O) groups is 4. The van der Waals surface area contributed by atoms with E-state index in [4.69, 9.17) is 14.2 Å². The number of ether oxygens (including phenoxy) is 3. The molecule has 2 aromatic carbocycles. The summed E-state index contributed by atoms with van der Waals surface area (Å²) in [4.78, 5) is 52.6. The van der Waals surface area contributed by atoms with Crippen molar-refractivity contribution in [3.63, 3.8) is 0 Å². The Morgan fingerprint density at radius 3 is 2.33 bits per heavy atom. The number of carbonyl (C=O) groups excluding carboxylic acids is 4. The minimum absolute atomic E-state index is 0.0000944. The molecule has 0 aliphatic carbocycles. The fourth-order valence-electron chi connectivity index (χ4n) is 4.21. The summed E-state index contributed by atoms with van der Waals surface area (Å²) in [5.74, 6) is -1.02. The number of cyclic esters (lactones) is 1. The molecule has 4 rings (SSSR count). The summed E-state index contributed by atoms with van der Waals surface area (Å²) in [6, 6.07) is 16.1. The average molecular weight is 452 g/mol. The van der Waals surface area contributed by atoms with E-state index < -0.39 is 36.2 Å². The molecular formula is C24H24N2O7. The Kier molecular flexibility index (Phi) is 6.58. The predicted molar refractivity (Wildman–Crippen MR) is 115 cm³/mol. The summed E-state index contributed by atoms with van der Waals surface area (Å²) in [6.45, 7) is -0.143. The van der Waals surface area contributed by atoms with Crippen LogP contribution >= 0.6 is 0 Å². The molecule has 2 saturated heterocycles. The van der Waals surface area contributed by atoms with Gasteiger partial charge in [0.05, 0.1) is 19.2 Å². The summed E-state index contributed by atoms with van der Waals surface area (Å²) >= 11 is 0. The molecule has 9 nitrogen and oxygen atoms in total. The molecule has 0 spiro atoms. The van der Waals surface area contributed by atoms with Crippen LogP contribution in [0.15, 0.2) is 60.7 Å². The first-order valence-electron chi connectivity index (χ1n) is 10.6. The molecule has 3 unspecified atom stereocenters. The van der Waals surface area contributed by atoms with Crippen LogP contribution in [0.4, 0.5) is 4.79 Å².